The molecule has 102 valence electrons. The molecule has 0 aliphatic carbocycles. The minimum Gasteiger partial charge on any atom is -0.380 e. The molecule has 0 aliphatic heterocycles. The van der Waals surface area contributed by atoms with Crippen LogP contribution in [0.2, 0.25) is 0 Å². The molecule has 0 unspecified atom stereocenters. The Labute approximate surface area is 109 Å². The van der Waals surface area contributed by atoms with Crippen LogP contribution in [-0.2, 0) is 14.8 Å². The normalized spacial score (nSPS) is 14.4. The highest BCUT2D eigenvalue weighted by atomic mass is 32.2. The summed E-state index contributed by atoms with van der Waals surface area (Å²) in [4.78, 5) is 3.96. The van der Waals surface area contributed by atoms with Crippen LogP contribution >= 0.6 is 0 Å². The van der Waals surface area contributed by atoms with E-state index in [1.54, 1.807) is 13.2 Å². The summed E-state index contributed by atoms with van der Waals surface area (Å²) in [5, 5.41) is 0. The number of nitrogens with one attached hydrogen (secondary N) is 1. The van der Waals surface area contributed by atoms with Gasteiger partial charge in [0.25, 0.3) is 0 Å². The van der Waals surface area contributed by atoms with E-state index in [1.165, 1.54) is 18.5 Å². The van der Waals surface area contributed by atoms with Gasteiger partial charge in [-0.25, -0.2) is 13.1 Å². The third kappa shape index (κ3) is 4.04. The largest absolute Gasteiger partial charge is 0.380 e. The van der Waals surface area contributed by atoms with E-state index in [2.05, 4.69) is 9.71 Å². The summed E-state index contributed by atoms with van der Waals surface area (Å²) in [7, 11) is -1.94. The summed E-state index contributed by atoms with van der Waals surface area (Å²) in [5.74, 6) is 0. The zero-order valence-corrected chi connectivity index (χ0v) is 12.0. The molecule has 6 heteroatoms. The quantitative estimate of drug-likeness (QED) is 0.880. The summed E-state index contributed by atoms with van der Waals surface area (Å²) < 4.78 is 31.8. The predicted molar refractivity (Wildman–Crippen MR) is 69.7 cm³/mol. The van der Waals surface area contributed by atoms with Crippen molar-refractivity contribution in [2.75, 3.05) is 13.7 Å². The maximum absolute atomic E-state index is 12.0. The van der Waals surface area contributed by atoms with Crippen molar-refractivity contribution >= 4 is 10.0 Å². The van der Waals surface area contributed by atoms with E-state index in [9.17, 15) is 8.42 Å². The molecule has 0 radical (unpaired) electrons. The molecular formula is C12H20N2O3S. The standard InChI is InChI=1S/C12H20N2O3S/c1-12(2,3)11(17-4)9-14-18(15,16)10-6-5-7-13-8-10/h5-8,11,14H,9H2,1-4H3/t11-/m1/s1. The molecular weight excluding hydrogens is 252 g/mol. The third-order valence-corrected chi connectivity index (χ3v) is 4.06. The first-order valence-electron chi connectivity index (χ1n) is 5.70. The van der Waals surface area contributed by atoms with Crippen LogP contribution in [0, 0.1) is 5.41 Å². The van der Waals surface area contributed by atoms with Gasteiger partial charge in [-0.2, -0.15) is 0 Å². The van der Waals surface area contributed by atoms with Crippen molar-refractivity contribution in [1.82, 2.24) is 9.71 Å². The van der Waals surface area contributed by atoms with E-state index in [4.69, 9.17) is 4.74 Å². The number of ether oxygens (including phenoxy) is 1. The van der Waals surface area contributed by atoms with Gasteiger partial charge >= 0.3 is 0 Å². The Bertz CT molecular complexity index is 466. The molecule has 1 aromatic rings. The van der Waals surface area contributed by atoms with Gasteiger partial charge in [0.2, 0.25) is 10.0 Å². The fraction of sp³-hybridized carbons (Fsp3) is 0.583. The van der Waals surface area contributed by atoms with Crippen molar-refractivity contribution in [3.63, 3.8) is 0 Å². The Morgan fingerprint density at radius 3 is 2.56 bits per heavy atom. The highest BCUT2D eigenvalue weighted by molar-refractivity contribution is 7.89. The SMILES string of the molecule is CO[C@H](CNS(=O)(=O)c1cccnc1)C(C)(C)C. The maximum Gasteiger partial charge on any atom is 0.242 e. The van der Waals surface area contributed by atoms with Crippen molar-refractivity contribution in [3.8, 4) is 0 Å². The zero-order valence-electron chi connectivity index (χ0n) is 11.2. The Morgan fingerprint density at radius 1 is 1.44 bits per heavy atom. The Balaban J connectivity index is 2.74. The lowest BCUT2D eigenvalue weighted by Crippen LogP contribution is -2.40. The lowest BCUT2D eigenvalue weighted by molar-refractivity contribution is 0.0212. The second-order valence-corrected chi connectivity index (χ2v) is 6.90. The minimum absolute atomic E-state index is 0.133. The molecule has 1 N–H and O–H groups in total. The Hall–Kier alpha value is -0.980. The smallest absolute Gasteiger partial charge is 0.242 e. The number of methoxy groups -OCH3 is 1. The van der Waals surface area contributed by atoms with Gasteiger partial charge in [0.15, 0.2) is 0 Å². The van der Waals surface area contributed by atoms with Crippen molar-refractivity contribution in [2.24, 2.45) is 5.41 Å². The van der Waals surface area contributed by atoms with Crippen molar-refractivity contribution in [3.05, 3.63) is 24.5 Å². The van der Waals surface area contributed by atoms with E-state index in [0.717, 1.165) is 0 Å². The molecule has 0 fully saturated rings. The molecule has 0 amide bonds. The lowest BCUT2D eigenvalue weighted by Gasteiger charge is -2.29. The van der Waals surface area contributed by atoms with Crippen molar-refractivity contribution < 1.29 is 13.2 Å². The first kappa shape index (κ1) is 15.1. The second-order valence-electron chi connectivity index (χ2n) is 5.13. The molecule has 1 heterocycles. The summed E-state index contributed by atoms with van der Waals surface area (Å²) in [5.41, 5.74) is -0.133. The third-order valence-electron chi connectivity index (χ3n) is 2.65. The molecule has 0 saturated carbocycles. The molecule has 1 atom stereocenters. The average molecular weight is 272 g/mol. The van der Waals surface area contributed by atoms with E-state index < -0.39 is 10.0 Å². The molecule has 0 aliphatic rings. The van der Waals surface area contributed by atoms with Gasteiger partial charge in [-0.15, -0.1) is 0 Å². The highest BCUT2D eigenvalue weighted by Crippen LogP contribution is 2.21. The molecule has 0 spiro atoms. The number of nitrogens with zero attached hydrogens (tertiary/aromatic N) is 1. The van der Waals surface area contributed by atoms with Crippen LogP contribution in [0.4, 0.5) is 0 Å². The first-order valence-corrected chi connectivity index (χ1v) is 7.18. The fourth-order valence-electron chi connectivity index (χ4n) is 1.52. The van der Waals surface area contributed by atoms with Gasteiger partial charge < -0.3 is 4.74 Å². The average Bonchev–Trinajstić information content (AvgIpc) is 2.29. The van der Waals surface area contributed by atoms with Gasteiger partial charge in [-0.3, -0.25) is 4.98 Å². The second kappa shape index (κ2) is 5.77. The molecule has 1 rings (SSSR count). The number of hydrogen-bond acceptors (Lipinski definition) is 4. The monoisotopic (exact) mass is 272 g/mol. The Morgan fingerprint density at radius 2 is 2.11 bits per heavy atom. The maximum atomic E-state index is 12.0. The van der Waals surface area contributed by atoms with Gasteiger partial charge in [0.05, 0.1) is 6.10 Å². The lowest BCUT2D eigenvalue weighted by atomic mass is 9.89. The van der Waals surface area contributed by atoms with Crippen LogP contribution in [0.25, 0.3) is 0 Å². The van der Waals surface area contributed by atoms with Gasteiger partial charge in [0, 0.05) is 26.0 Å². The number of rotatable bonds is 5. The van der Waals surface area contributed by atoms with Gasteiger partial charge in [0.1, 0.15) is 4.90 Å². The fourth-order valence-corrected chi connectivity index (χ4v) is 2.51. The van der Waals surface area contributed by atoms with Gasteiger partial charge in [-0.05, 0) is 17.5 Å². The van der Waals surface area contributed by atoms with Crippen LogP contribution in [0.1, 0.15) is 20.8 Å². The Kier molecular flexibility index (Phi) is 4.84. The number of aromatic nitrogens is 1. The molecule has 0 saturated heterocycles. The van der Waals surface area contributed by atoms with Crippen molar-refractivity contribution in [2.45, 2.75) is 31.8 Å². The van der Waals surface area contributed by atoms with Gasteiger partial charge in [-0.1, -0.05) is 20.8 Å². The minimum atomic E-state index is -3.52. The highest BCUT2D eigenvalue weighted by Gasteiger charge is 2.26. The number of hydrogen-bond donors (Lipinski definition) is 1. The van der Waals surface area contributed by atoms with Crippen LogP contribution in [0.5, 0.6) is 0 Å². The van der Waals surface area contributed by atoms with Crippen molar-refractivity contribution in [1.29, 1.82) is 0 Å². The van der Waals surface area contributed by atoms with Crippen LogP contribution in [0.15, 0.2) is 29.4 Å². The molecule has 0 bridgehead atoms. The van der Waals surface area contributed by atoms with E-state index in [0.29, 0.717) is 0 Å². The summed E-state index contributed by atoms with van der Waals surface area (Å²) >= 11 is 0. The summed E-state index contributed by atoms with van der Waals surface area (Å²) in [6.07, 6.45) is 2.66. The topological polar surface area (TPSA) is 68.3 Å². The number of sulfonamides is 1. The van der Waals surface area contributed by atoms with E-state index in [-0.39, 0.29) is 23.0 Å². The molecule has 0 aromatic carbocycles. The van der Waals surface area contributed by atoms with E-state index >= 15 is 0 Å². The van der Waals surface area contributed by atoms with E-state index in [1.807, 2.05) is 20.8 Å². The zero-order chi connectivity index (χ0) is 13.8. The van der Waals surface area contributed by atoms with Crippen LogP contribution < -0.4 is 4.72 Å². The van der Waals surface area contributed by atoms with Crippen LogP contribution in [0.3, 0.4) is 0 Å². The molecule has 1 aromatic heterocycles. The summed E-state index contributed by atoms with van der Waals surface area (Å²) in [6.45, 7) is 6.23. The number of pyridine rings is 1. The van der Waals surface area contributed by atoms with Crippen LogP contribution in [-0.4, -0.2) is 33.2 Å². The molecule has 18 heavy (non-hydrogen) atoms. The first-order chi connectivity index (χ1) is 8.27. The molecule has 5 nitrogen and oxygen atoms in total. The summed E-state index contributed by atoms with van der Waals surface area (Å²) in [6, 6.07) is 3.10. The predicted octanol–water partition coefficient (Wildman–Crippen LogP) is 1.42.